The summed E-state index contributed by atoms with van der Waals surface area (Å²) in [6.07, 6.45) is 8.93. The Labute approximate surface area is 152 Å². The number of hydrogen-bond acceptors (Lipinski definition) is 5. The molecule has 0 spiro atoms. The first kappa shape index (κ1) is 18.1. The van der Waals surface area contributed by atoms with Crippen LogP contribution in [0.15, 0.2) is 18.6 Å². The summed E-state index contributed by atoms with van der Waals surface area (Å²) < 4.78 is 3.32. The minimum absolute atomic E-state index is 0.0323. The van der Waals surface area contributed by atoms with Gasteiger partial charge in [0, 0.05) is 46.5 Å². The number of piperidine rings is 1. The molecule has 140 valence electrons. The quantitative estimate of drug-likeness (QED) is 0.788. The van der Waals surface area contributed by atoms with E-state index < -0.39 is 0 Å². The van der Waals surface area contributed by atoms with Crippen molar-refractivity contribution in [3.05, 3.63) is 29.8 Å². The van der Waals surface area contributed by atoms with E-state index in [1.165, 1.54) is 4.90 Å². The third-order valence-corrected chi connectivity index (χ3v) is 4.70. The molecule has 0 N–H and O–H groups in total. The van der Waals surface area contributed by atoms with Crippen molar-refractivity contribution in [3.63, 3.8) is 0 Å². The molecule has 0 aromatic carbocycles. The Morgan fingerprint density at radius 1 is 1.27 bits per heavy atom. The van der Waals surface area contributed by atoms with Gasteiger partial charge in [-0.05, 0) is 25.7 Å². The third kappa shape index (κ3) is 3.92. The van der Waals surface area contributed by atoms with Gasteiger partial charge in [0.15, 0.2) is 5.69 Å². The highest BCUT2D eigenvalue weighted by Crippen LogP contribution is 2.22. The second kappa shape index (κ2) is 7.67. The lowest BCUT2D eigenvalue weighted by Crippen LogP contribution is -2.44. The molecule has 3 heterocycles. The van der Waals surface area contributed by atoms with Crippen LogP contribution in [0, 0.1) is 0 Å². The predicted octanol–water partition coefficient (Wildman–Crippen LogP) is 0.798. The molecule has 26 heavy (non-hydrogen) atoms. The first-order valence-electron chi connectivity index (χ1n) is 8.87. The van der Waals surface area contributed by atoms with Crippen LogP contribution in [0.3, 0.4) is 0 Å². The van der Waals surface area contributed by atoms with Gasteiger partial charge in [0.1, 0.15) is 0 Å². The van der Waals surface area contributed by atoms with Crippen LogP contribution in [-0.2, 0) is 13.6 Å². The average molecular weight is 359 g/mol. The zero-order valence-electron chi connectivity index (χ0n) is 15.5. The number of amides is 2. The van der Waals surface area contributed by atoms with Gasteiger partial charge in [0.2, 0.25) is 0 Å². The van der Waals surface area contributed by atoms with E-state index in [4.69, 9.17) is 0 Å². The Morgan fingerprint density at radius 2 is 2.08 bits per heavy atom. The Kier molecular flexibility index (Phi) is 5.34. The molecule has 9 nitrogen and oxygen atoms in total. The van der Waals surface area contributed by atoms with E-state index in [1.807, 2.05) is 11.9 Å². The summed E-state index contributed by atoms with van der Waals surface area (Å²) in [5.74, 6) is -0.132. The maximum atomic E-state index is 12.8. The van der Waals surface area contributed by atoms with Crippen LogP contribution in [-0.4, -0.2) is 73.1 Å². The Balaban J connectivity index is 1.64. The zero-order chi connectivity index (χ0) is 18.7. The minimum atomic E-state index is -0.165. The van der Waals surface area contributed by atoms with Crippen LogP contribution in [0.4, 0.5) is 0 Å². The number of aromatic nitrogens is 5. The number of carbonyl (C=O) groups excluding carboxylic acids is 2. The van der Waals surface area contributed by atoms with E-state index in [-0.39, 0.29) is 17.9 Å². The van der Waals surface area contributed by atoms with Gasteiger partial charge in [0.05, 0.1) is 18.0 Å². The molecule has 0 aliphatic carbocycles. The van der Waals surface area contributed by atoms with Crippen molar-refractivity contribution in [2.45, 2.75) is 38.3 Å². The molecule has 0 saturated carbocycles. The lowest BCUT2D eigenvalue weighted by Gasteiger charge is -2.35. The Bertz CT molecular complexity index is 780. The highest BCUT2D eigenvalue weighted by molar-refractivity contribution is 5.94. The van der Waals surface area contributed by atoms with Crippen LogP contribution in [0.2, 0.25) is 0 Å². The summed E-state index contributed by atoms with van der Waals surface area (Å²) in [6.45, 7) is 1.38. The number of rotatable bonds is 5. The first-order valence-corrected chi connectivity index (χ1v) is 8.87. The molecule has 0 bridgehead atoms. The molecule has 1 fully saturated rings. The first-order chi connectivity index (χ1) is 12.5. The number of carbonyl (C=O) groups is 2. The van der Waals surface area contributed by atoms with Gasteiger partial charge in [-0.15, -0.1) is 5.10 Å². The van der Waals surface area contributed by atoms with Gasteiger partial charge in [-0.25, -0.2) is 0 Å². The van der Waals surface area contributed by atoms with Crippen molar-refractivity contribution in [1.29, 1.82) is 0 Å². The third-order valence-electron chi connectivity index (χ3n) is 4.70. The van der Waals surface area contributed by atoms with Crippen molar-refractivity contribution < 1.29 is 9.59 Å². The second-order valence-corrected chi connectivity index (χ2v) is 6.91. The molecule has 1 unspecified atom stereocenters. The fraction of sp³-hybridized carbons (Fsp3) is 0.588. The summed E-state index contributed by atoms with van der Waals surface area (Å²) in [7, 11) is 5.18. The van der Waals surface area contributed by atoms with E-state index in [9.17, 15) is 9.59 Å². The monoisotopic (exact) mass is 359 g/mol. The van der Waals surface area contributed by atoms with Crippen molar-refractivity contribution in [2.24, 2.45) is 7.05 Å². The molecule has 1 atom stereocenters. The average Bonchev–Trinajstić information content (AvgIpc) is 3.28. The van der Waals surface area contributed by atoms with Crippen LogP contribution in [0.25, 0.3) is 0 Å². The van der Waals surface area contributed by atoms with Crippen LogP contribution in [0.5, 0.6) is 0 Å². The zero-order valence-corrected chi connectivity index (χ0v) is 15.5. The SMILES string of the molecule is CN(C)C(=O)c1cn(CCC2CCCCN2C(=O)c2cnn(C)c2)nn1. The molecule has 2 aromatic heterocycles. The fourth-order valence-corrected chi connectivity index (χ4v) is 3.28. The van der Waals surface area contributed by atoms with E-state index in [1.54, 1.807) is 42.0 Å². The second-order valence-electron chi connectivity index (χ2n) is 6.91. The van der Waals surface area contributed by atoms with Gasteiger partial charge in [0.25, 0.3) is 11.8 Å². The molecule has 1 aliphatic rings. The molecule has 1 aliphatic heterocycles. The summed E-state index contributed by atoms with van der Waals surface area (Å²) in [6, 6.07) is 0.161. The molecular formula is C17H25N7O2. The number of aryl methyl sites for hydroxylation is 2. The van der Waals surface area contributed by atoms with Crippen molar-refractivity contribution in [1.82, 2.24) is 34.6 Å². The molecule has 3 rings (SSSR count). The largest absolute Gasteiger partial charge is 0.343 e. The van der Waals surface area contributed by atoms with E-state index in [0.717, 1.165) is 32.2 Å². The maximum Gasteiger partial charge on any atom is 0.275 e. The highest BCUT2D eigenvalue weighted by atomic mass is 16.2. The van der Waals surface area contributed by atoms with Crippen LogP contribution >= 0.6 is 0 Å². The maximum absolute atomic E-state index is 12.8. The van der Waals surface area contributed by atoms with Crippen molar-refractivity contribution in [2.75, 3.05) is 20.6 Å². The Morgan fingerprint density at radius 3 is 2.77 bits per heavy atom. The van der Waals surface area contributed by atoms with Crippen molar-refractivity contribution in [3.8, 4) is 0 Å². The van der Waals surface area contributed by atoms with Gasteiger partial charge >= 0.3 is 0 Å². The van der Waals surface area contributed by atoms with Crippen molar-refractivity contribution >= 4 is 11.8 Å². The lowest BCUT2D eigenvalue weighted by molar-refractivity contribution is 0.0593. The van der Waals surface area contributed by atoms with E-state index >= 15 is 0 Å². The minimum Gasteiger partial charge on any atom is -0.343 e. The molecular weight excluding hydrogens is 334 g/mol. The van der Waals surface area contributed by atoms with E-state index in [2.05, 4.69) is 15.4 Å². The predicted molar refractivity (Wildman–Crippen MR) is 94.5 cm³/mol. The van der Waals surface area contributed by atoms with Crippen LogP contribution < -0.4 is 0 Å². The molecule has 2 amide bonds. The summed E-state index contributed by atoms with van der Waals surface area (Å²) in [5.41, 5.74) is 0.959. The van der Waals surface area contributed by atoms with Gasteiger partial charge in [-0.3, -0.25) is 19.0 Å². The lowest BCUT2D eigenvalue weighted by atomic mass is 9.98. The normalized spacial score (nSPS) is 17.3. The molecule has 9 heteroatoms. The number of likely N-dealkylation sites (tertiary alicyclic amines) is 1. The molecule has 0 radical (unpaired) electrons. The highest BCUT2D eigenvalue weighted by Gasteiger charge is 2.28. The van der Waals surface area contributed by atoms with Gasteiger partial charge in [-0.2, -0.15) is 5.10 Å². The number of hydrogen-bond donors (Lipinski definition) is 0. The Hall–Kier alpha value is -2.71. The van der Waals surface area contributed by atoms with E-state index in [0.29, 0.717) is 17.8 Å². The summed E-state index contributed by atoms with van der Waals surface area (Å²) in [5, 5.41) is 12.1. The van der Waals surface area contributed by atoms with Gasteiger partial charge < -0.3 is 9.80 Å². The van der Waals surface area contributed by atoms with Crippen LogP contribution in [0.1, 0.15) is 46.5 Å². The van der Waals surface area contributed by atoms with Gasteiger partial charge in [-0.1, -0.05) is 5.21 Å². The standard InChI is InChI=1S/C17H25N7O2/c1-21(2)17(26)15-12-23(20-19-15)9-7-14-6-4-5-8-24(14)16(25)13-10-18-22(3)11-13/h10-12,14H,4-9H2,1-3H3. The number of nitrogens with zero attached hydrogens (tertiary/aromatic N) is 7. The molecule has 2 aromatic rings. The fourth-order valence-electron chi connectivity index (χ4n) is 3.28. The topological polar surface area (TPSA) is 89.2 Å². The molecule has 1 saturated heterocycles. The summed E-state index contributed by atoms with van der Waals surface area (Å²) in [4.78, 5) is 28.1. The smallest absolute Gasteiger partial charge is 0.275 e. The summed E-state index contributed by atoms with van der Waals surface area (Å²) >= 11 is 0.